The third-order valence-electron chi connectivity index (χ3n) is 2.50. The van der Waals surface area contributed by atoms with Crippen LogP contribution in [0, 0.1) is 0 Å². The fraction of sp³-hybridized carbons (Fsp3) is 0.444. The number of hydrogen-bond acceptors (Lipinski definition) is 4. The van der Waals surface area contributed by atoms with Gasteiger partial charge in [-0.1, -0.05) is 6.92 Å². The van der Waals surface area contributed by atoms with Crippen molar-refractivity contribution in [3.8, 4) is 0 Å². The van der Waals surface area contributed by atoms with Crippen molar-refractivity contribution in [3.63, 3.8) is 0 Å². The molecule has 0 saturated carbocycles. The molecule has 0 fully saturated rings. The first-order chi connectivity index (χ1) is 6.57. The molecule has 0 N–H and O–H groups in total. The summed E-state index contributed by atoms with van der Waals surface area (Å²) in [6, 6.07) is 1.60. The fourth-order valence-corrected chi connectivity index (χ4v) is 5.01. The monoisotopic (exact) mass is 230 g/mol. The Morgan fingerprint density at radius 2 is 2.29 bits per heavy atom. The van der Waals surface area contributed by atoms with Crippen molar-refractivity contribution in [1.29, 1.82) is 0 Å². The zero-order chi connectivity index (χ0) is 10.3. The van der Waals surface area contributed by atoms with E-state index in [1.165, 1.54) is 0 Å². The molecular weight excluding hydrogens is 220 g/mol. The number of hydrogen-bond donors (Lipinski definition) is 0. The van der Waals surface area contributed by atoms with Crippen LogP contribution in [0.15, 0.2) is 15.7 Å². The van der Waals surface area contributed by atoms with Gasteiger partial charge in [0.15, 0.2) is 15.6 Å². The molecule has 1 aromatic rings. The number of Topliss-reactive ketones (excluding diaryl/α,β-unsaturated/α-hetero) is 1. The van der Waals surface area contributed by atoms with Crippen molar-refractivity contribution in [3.05, 3.63) is 17.0 Å². The van der Waals surface area contributed by atoms with Gasteiger partial charge in [0.05, 0.1) is 5.25 Å². The molecule has 3 nitrogen and oxygen atoms in total. The van der Waals surface area contributed by atoms with Gasteiger partial charge in [0, 0.05) is 12.0 Å². The van der Waals surface area contributed by atoms with E-state index in [0.717, 1.165) is 11.3 Å². The molecular formula is C9H10O3S2. The largest absolute Gasteiger partial charge is 0.294 e. The maximum Gasteiger partial charge on any atom is 0.191 e. The molecule has 0 spiro atoms. The third kappa shape index (κ3) is 1.23. The van der Waals surface area contributed by atoms with Crippen molar-refractivity contribution >= 4 is 27.0 Å². The molecule has 1 aliphatic heterocycles. The standard InChI is InChI=1S/C9H10O3S2/c1-2-6-5-8(10)7-3-4-13-9(7)14(6,11)12/h3-4,6H,2,5H2,1H3/t6-/m0/s1. The van der Waals surface area contributed by atoms with Crippen LogP contribution in [0.25, 0.3) is 0 Å². The summed E-state index contributed by atoms with van der Waals surface area (Å²) in [6.45, 7) is 1.80. The van der Waals surface area contributed by atoms with Gasteiger partial charge < -0.3 is 0 Å². The highest BCUT2D eigenvalue weighted by Gasteiger charge is 2.37. The molecule has 5 heteroatoms. The van der Waals surface area contributed by atoms with E-state index < -0.39 is 15.1 Å². The summed E-state index contributed by atoms with van der Waals surface area (Å²) < 4.78 is 24.1. The molecule has 0 bridgehead atoms. The second-order valence-corrected chi connectivity index (χ2v) is 6.66. The molecule has 1 atom stereocenters. The molecule has 0 amide bonds. The number of carbonyl (C=O) groups excluding carboxylic acids is 1. The molecule has 14 heavy (non-hydrogen) atoms. The van der Waals surface area contributed by atoms with Crippen LogP contribution in [0.4, 0.5) is 0 Å². The lowest BCUT2D eigenvalue weighted by atomic mass is 10.1. The highest BCUT2D eigenvalue weighted by atomic mass is 32.2. The molecule has 1 aliphatic rings. The highest BCUT2D eigenvalue weighted by molar-refractivity contribution is 7.94. The minimum absolute atomic E-state index is 0.0390. The van der Waals surface area contributed by atoms with Crippen LogP contribution in [-0.4, -0.2) is 19.5 Å². The van der Waals surface area contributed by atoms with Crippen molar-refractivity contribution in [2.24, 2.45) is 0 Å². The minimum Gasteiger partial charge on any atom is -0.294 e. The van der Waals surface area contributed by atoms with E-state index in [1.807, 2.05) is 0 Å². The summed E-state index contributed by atoms with van der Waals surface area (Å²) in [6.07, 6.45) is 0.647. The molecule has 2 rings (SSSR count). The van der Waals surface area contributed by atoms with E-state index in [-0.39, 0.29) is 16.4 Å². The Kier molecular flexibility index (Phi) is 2.23. The van der Waals surface area contributed by atoms with Gasteiger partial charge in [0.1, 0.15) is 4.21 Å². The van der Waals surface area contributed by atoms with E-state index >= 15 is 0 Å². The van der Waals surface area contributed by atoms with Gasteiger partial charge in [-0.3, -0.25) is 4.79 Å². The maximum atomic E-state index is 11.9. The highest BCUT2D eigenvalue weighted by Crippen LogP contribution is 2.34. The van der Waals surface area contributed by atoms with Crippen molar-refractivity contribution in [1.82, 2.24) is 0 Å². The van der Waals surface area contributed by atoms with Crippen molar-refractivity contribution in [2.75, 3.05) is 0 Å². The Morgan fingerprint density at radius 1 is 1.57 bits per heavy atom. The van der Waals surface area contributed by atoms with Gasteiger partial charge in [-0.05, 0) is 17.9 Å². The van der Waals surface area contributed by atoms with Crippen LogP contribution in [0.3, 0.4) is 0 Å². The Bertz CT molecular complexity index is 470. The third-order valence-corrected chi connectivity index (χ3v) is 6.30. The van der Waals surface area contributed by atoms with Crippen LogP contribution in [0.1, 0.15) is 30.1 Å². The number of fused-ring (bicyclic) bond motifs is 1. The van der Waals surface area contributed by atoms with Gasteiger partial charge in [-0.2, -0.15) is 0 Å². The number of ketones is 1. The SMILES string of the molecule is CC[C@H]1CC(=O)c2ccsc2S1(=O)=O. The first-order valence-corrected chi connectivity index (χ1v) is 6.84. The lowest BCUT2D eigenvalue weighted by Gasteiger charge is -2.19. The summed E-state index contributed by atoms with van der Waals surface area (Å²) in [5.41, 5.74) is 0.389. The van der Waals surface area contributed by atoms with Crippen molar-refractivity contribution < 1.29 is 13.2 Å². The zero-order valence-electron chi connectivity index (χ0n) is 7.69. The quantitative estimate of drug-likeness (QED) is 0.740. The van der Waals surface area contributed by atoms with Crippen LogP contribution < -0.4 is 0 Å². The van der Waals surface area contributed by atoms with E-state index in [2.05, 4.69) is 0 Å². The smallest absolute Gasteiger partial charge is 0.191 e. The topological polar surface area (TPSA) is 51.2 Å². The summed E-state index contributed by atoms with van der Waals surface area (Å²) in [5.74, 6) is -0.0390. The number of sulfone groups is 1. The average Bonchev–Trinajstić information content (AvgIpc) is 2.60. The Morgan fingerprint density at radius 3 is 2.93 bits per heavy atom. The fourth-order valence-electron chi connectivity index (χ4n) is 1.66. The Hall–Kier alpha value is -0.680. The second kappa shape index (κ2) is 3.17. The molecule has 0 unspecified atom stereocenters. The first-order valence-electron chi connectivity index (χ1n) is 4.42. The van der Waals surface area contributed by atoms with Crippen LogP contribution >= 0.6 is 11.3 Å². The Labute approximate surface area is 86.7 Å². The number of rotatable bonds is 1. The van der Waals surface area contributed by atoms with Crippen LogP contribution in [0.2, 0.25) is 0 Å². The lowest BCUT2D eigenvalue weighted by molar-refractivity contribution is 0.0975. The zero-order valence-corrected chi connectivity index (χ0v) is 9.32. The van der Waals surface area contributed by atoms with Crippen LogP contribution in [-0.2, 0) is 9.84 Å². The molecule has 0 saturated heterocycles. The summed E-state index contributed by atoms with van der Waals surface area (Å²) in [7, 11) is -3.22. The molecule has 0 aromatic carbocycles. The van der Waals surface area contributed by atoms with Gasteiger partial charge in [-0.25, -0.2) is 8.42 Å². The van der Waals surface area contributed by atoms with Crippen LogP contribution in [0.5, 0.6) is 0 Å². The number of thiophene rings is 1. The maximum absolute atomic E-state index is 11.9. The summed E-state index contributed by atoms with van der Waals surface area (Å²) in [4.78, 5) is 11.5. The van der Waals surface area contributed by atoms with E-state index in [4.69, 9.17) is 0 Å². The first kappa shape index (κ1) is 9.86. The van der Waals surface area contributed by atoms with Gasteiger partial charge in [0.2, 0.25) is 0 Å². The Balaban J connectivity index is 2.64. The van der Waals surface area contributed by atoms with Crippen molar-refractivity contribution in [2.45, 2.75) is 29.2 Å². The van der Waals surface area contributed by atoms with Gasteiger partial charge in [0.25, 0.3) is 0 Å². The number of carbonyl (C=O) groups is 1. The van der Waals surface area contributed by atoms with E-state index in [1.54, 1.807) is 18.4 Å². The van der Waals surface area contributed by atoms with E-state index in [0.29, 0.717) is 12.0 Å². The summed E-state index contributed by atoms with van der Waals surface area (Å²) in [5, 5.41) is 1.15. The minimum atomic E-state index is -3.22. The lowest BCUT2D eigenvalue weighted by Crippen LogP contribution is -2.29. The molecule has 76 valence electrons. The van der Waals surface area contributed by atoms with Gasteiger partial charge >= 0.3 is 0 Å². The predicted octanol–water partition coefficient (Wildman–Crippen LogP) is 1.89. The molecule has 0 radical (unpaired) electrons. The molecule has 2 heterocycles. The van der Waals surface area contributed by atoms with Gasteiger partial charge in [-0.15, -0.1) is 11.3 Å². The summed E-state index contributed by atoms with van der Waals surface area (Å²) >= 11 is 1.15. The van der Waals surface area contributed by atoms with E-state index in [9.17, 15) is 13.2 Å². The predicted molar refractivity (Wildman–Crippen MR) is 54.5 cm³/mol. The average molecular weight is 230 g/mol. The second-order valence-electron chi connectivity index (χ2n) is 3.32. The molecule has 0 aliphatic carbocycles. The normalized spacial score (nSPS) is 24.6. The molecule has 1 aromatic heterocycles.